The summed E-state index contributed by atoms with van der Waals surface area (Å²) < 4.78 is 20.2. The Morgan fingerprint density at radius 2 is 1.88 bits per heavy atom. The van der Waals surface area contributed by atoms with Crippen LogP contribution in [0.15, 0.2) is 54.7 Å². The molecule has 1 amide bonds. The molecule has 8 heteroatoms. The Kier molecular flexibility index (Phi) is 7.57. The Morgan fingerprint density at radius 1 is 1.15 bits per heavy atom. The molecule has 3 aromatic rings. The van der Waals surface area contributed by atoms with E-state index in [-0.39, 0.29) is 17.8 Å². The van der Waals surface area contributed by atoms with Gasteiger partial charge in [0.2, 0.25) is 5.91 Å². The number of amides is 1. The van der Waals surface area contributed by atoms with Crippen molar-refractivity contribution in [2.45, 2.75) is 57.2 Å². The fourth-order valence-corrected chi connectivity index (χ4v) is 4.50. The van der Waals surface area contributed by atoms with Gasteiger partial charge in [-0.25, -0.2) is 9.07 Å². The van der Waals surface area contributed by atoms with E-state index < -0.39 is 12.1 Å². The van der Waals surface area contributed by atoms with Gasteiger partial charge >= 0.3 is 0 Å². The number of likely N-dealkylation sites (tertiary alicyclic amines) is 1. The van der Waals surface area contributed by atoms with Gasteiger partial charge in [0.05, 0.1) is 31.5 Å². The minimum atomic E-state index is -0.713. The van der Waals surface area contributed by atoms with E-state index in [2.05, 4.69) is 17.2 Å². The zero-order chi connectivity index (χ0) is 24.1. The number of methoxy groups -OCH3 is 1. The molecule has 0 aliphatic carbocycles. The molecule has 34 heavy (non-hydrogen) atoms. The lowest BCUT2D eigenvalue weighted by Gasteiger charge is -2.42. The van der Waals surface area contributed by atoms with Crippen LogP contribution >= 0.6 is 0 Å². The Labute approximate surface area is 199 Å². The second-order valence-corrected chi connectivity index (χ2v) is 8.75. The summed E-state index contributed by atoms with van der Waals surface area (Å²) in [5.74, 6) is 0.500. The predicted molar refractivity (Wildman–Crippen MR) is 127 cm³/mol. The van der Waals surface area contributed by atoms with Gasteiger partial charge in [-0.2, -0.15) is 0 Å². The molecule has 3 atom stereocenters. The van der Waals surface area contributed by atoms with E-state index >= 15 is 0 Å². The summed E-state index contributed by atoms with van der Waals surface area (Å²) in [6, 6.07) is 13.0. The first-order valence-electron chi connectivity index (χ1n) is 11.8. The van der Waals surface area contributed by atoms with Crippen molar-refractivity contribution in [2.24, 2.45) is 0 Å². The molecule has 180 valence electrons. The summed E-state index contributed by atoms with van der Waals surface area (Å²) in [5.41, 5.74) is 2.29. The molecule has 1 aliphatic rings. The molecule has 1 aromatic heterocycles. The lowest BCUT2D eigenvalue weighted by molar-refractivity contribution is -0.139. The Morgan fingerprint density at radius 3 is 2.56 bits per heavy atom. The summed E-state index contributed by atoms with van der Waals surface area (Å²) >= 11 is 0. The smallest absolute Gasteiger partial charge is 0.223 e. The molecule has 1 saturated heterocycles. The van der Waals surface area contributed by atoms with Crippen LogP contribution in [0.2, 0.25) is 0 Å². The fourth-order valence-electron chi connectivity index (χ4n) is 4.50. The van der Waals surface area contributed by atoms with Crippen LogP contribution in [0, 0.1) is 5.82 Å². The van der Waals surface area contributed by atoms with E-state index in [1.54, 1.807) is 30.1 Å². The van der Waals surface area contributed by atoms with Crippen molar-refractivity contribution in [3.05, 3.63) is 66.1 Å². The quantitative estimate of drug-likeness (QED) is 0.493. The summed E-state index contributed by atoms with van der Waals surface area (Å²) in [6.45, 7) is 2.44. The van der Waals surface area contributed by atoms with Gasteiger partial charge in [0, 0.05) is 24.9 Å². The number of hydrogen-bond donors (Lipinski definition) is 1. The van der Waals surface area contributed by atoms with Crippen molar-refractivity contribution < 1.29 is 19.0 Å². The van der Waals surface area contributed by atoms with E-state index in [1.807, 2.05) is 29.2 Å². The lowest BCUT2D eigenvalue weighted by atomic mass is 9.90. The molecular formula is C26H31FN4O3. The van der Waals surface area contributed by atoms with Crippen molar-refractivity contribution in [1.82, 2.24) is 19.9 Å². The van der Waals surface area contributed by atoms with E-state index in [1.165, 1.54) is 12.1 Å². The maximum absolute atomic E-state index is 13.3. The number of rotatable bonds is 8. The van der Waals surface area contributed by atoms with Gasteiger partial charge in [-0.15, -0.1) is 5.10 Å². The molecular weight excluding hydrogens is 435 g/mol. The lowest BCUT2D eigenvalue weighted by Crippen LogP contribution is -2.48. The first kappa shape index (κ1) is 23.9. The van der Waals surface area contributed by atoms with Gasteiger partial charge in [-0.1, -0.05) is 37.1 Å². The second-order valence-electron chi connectivity index (χ2n) is 8.75. The van der Waals surface area contributed by atoms with Crippen molar-refractivity contribution in [3.8, 4) is 17.0 Å². The zero-order valence-corrected chi connectivity index (χ0v) is 19.6. The number of benzene rings is 2. The summed E-state index contributed by atoms with van der Waals surface area (Å²) in [6.07, 6.45) is 4.78. The van der Waals surface area contributed by atoms with Gasteiger partial charge < -0.3 is 14.7 Å². The van der Waals surface area contributed by atoms with Gasteiger partial charge in [0.1, 0.15) is 17.3 Å². The average molecular weight is 467 g/mol. The van der Waals surface area contributed by atoms with E-state index in [0.717, 1.165) is 36.1 Å². The number of nitrogens with zero attached hydrogens (tertiary/aromatic N) is 4. The number of ether oxygens (including phenoxy) is 1. The Balaban J connectivity index is 1.58. The van der Waals surface area contributed by atoms with Gasteiger partial charge in [-0.3, -0.25) is 4.79 Å². The topological polar surface area (TPSA) is 80.5 Å². The monoisotopic (exact) mass is 466 g/mol. The third-order valence-electron chi connectivity index (χ3n) is 6.47. The molecule has 1 fully saturated rings. The molecule has 0 bridgehead atoms. The molecule has 0 unspecified atom stereocenters. The van der Waals surface area contributed by atoms with Gasteiger partial charge in [0.25, 0.3) is 0 Å². The van der Waals surface area contributed by atoms with E-state index in [4.69, 9.17) is 4.74 Å². The highest BCUT2D eigenvalue weighted by atomic mass is 19.1. The highest BCUT2D eigenvalue weighted by Crippen LogP contribution is 2.37. The number of aromatic nitrogens is 3. The molecule has 1 N–H and O–H groups in total. The number of aliphatic hydroxyl groups is 1. The molecule has 4 rings (SSSR count). The van der Waals surface area contributed by atoms with Crippen LogP contribution in [0.25, 0.3) is 11.3 Å². The van der Waals surface area contributed by atoms with Crippen LogP contribution < -0.4 is 4.74 Å². The van der Waals surface area contributed by atoms with Crippen LogP contribution in [0.5, 0.6) is 5.75 Å². The molecule has 7 nitrogen and oxygen atoms in total. The minimum absolute atomic E-state index is 0.0741. The number of piperidine rings is 1. The largest absolute Gasteiger partial charge is 0.497 e. The van der Waals surface area contributed by atoms with Crippen LogP contribution in [-0.4, -0.2) is 50.7 Å². The summed E-state index contributed by atoms with van der Waals surface area (Å²) in [4.78, 5) is 15.1. The molecule has 0 radical (unpaired) electrons. The maximum atomic E-state index is 13.3. The number of halogens is 1. The van der Waals surface area contributed by atoms with Gasteiger partial charge in [0.15, 0.2) is 0 Å². The standard InChI is InChI=1S/C26H31FN4O3/c1-3-4-5-6-26(33)30-17-24(25(32)15-23(30)19-9-13-21(34-2)14-10-19)31-16-22(28-29-31)18-7-11-20(27)12-8-18/h7-14,16,23-25,32H,3-6,15,17H2,1-2H3/t23-,24-,25-/m1/s1. The highest BCUT2D eigenvalue weighted by molar-refractivity contribution is 5.77. The van der Waals surface area contributed by atoms with Crippen LogP contribution in [-0.2, 0) is 4.79 Å². The SMILES string of the molecule is CCCCCC(=O)N1C[C@@H](n2cc(-c3ccc(F)cc3)nn2)[C@H](O)C[C@@H]1c1ccc(OC)cc1. The Bertz CT molecular complexity index is 1080. The number of hydrogen-bond acceptors (Lipinski definition) is 5. The first-order chi connectivity index (χ1) is 16.5. The van der Waals surface area contributed by atoms with Crippen molar-refractivity contribution >= 4 is 5.91 Å². The van der Waals surface area contributed by atoms with Crippen LogP contribution in [0.1, 0.15) is 56.7 Å². The molecule has 2 heterocycles. The summed E-state index contributed by atoms with van der Waals surface area (Å²) in [7, 11) is 1.62. The molecule has 0 saturated carbocycles. The molecule has 1 aliphatic heterocycles. The number of carbonyl (C=O) groups is 1. The second kappa shape index (κ2) is 10.8. The van der Waals surface area contributed by atoms with Gasteiger partial charge in [-0.05, 0) is 48.4 Å². The van der Waals surface area contributed by atoms with Crippen molar-refractivity contribution in [2.75, 3.05) is 13.7 Å². The minimum Gasteiger partial charge on any atom is -0.497 e. The zero-order valence-electron chi connectivity index (χ0n) is 19.6. The Hall–Kier alpha value is -3.26. The third kappa shape index (κ3) is 5.28. The van der Waals surface area contributed by atoms with Crippen LogP contribution in [0.4, 0.5) is 4.39 Å². The first-order valence-corrected chi connectivity index (χ1v) is 11.8. The highest BCUT2D eigenvalue weighted by Gasteiger charge is 2.39. The van der Waals surface area contributed by atoms with Crippen LogP contribution in [0.3, 0.4) is 0 Å². The van der Waals surface area contributed by atoms with E-state index in [9.17, 15) is 14.3 Å². The molecule has 0 spiro atoms. The normalized spacial score (nSPS) is 20.4. The number of carbonyl (C=O) groups excluding carboxylic acids is 1. The predicted octanol–water partition coefficient (Wildman–Crippen LogP) is 4.55. The maximum Gasteiger partial charge on any atom is 0.223 e. The van der Waals surface area contributed by atoms with E-state index in [0.29, 0.717) is 25.1 Å². The van der Waals surface area contributed by atoms with Crippen molar-refractivity contribution in [3.63, 3.8) is 0 Å². The number of aliphatic hydroxyl groups excluding tert-OH is 1. The third-order valence-corrected chi connectivity index (χ3v) is 6.47. The molecule has 2 aromatic carbocycles. The van der Waals surface area contributed by atoms with Crippen molar-refractivity contribution in [1.29, 1.82) is 0 Å². The number of unbranched alkanes of at least 4 members (excludes halogenated alkanes) is 2. The average Bonchev–Trinajstić information content (AvgIpc) is 3.34. The summed E-state index contributed by atoms with van der Waals surface area (Å²) in [5, 5.41) is 19.5. The fraction of sp³-hybridized carbons (Fsp3) is 0.423.